The Balaban J connectivity index is 1.49. The monoisotopic (exact) mass is 383 g/mol. The zero-order chi connectivity index (χ0) is 20.0. The molecule has 4 rings (SSSR count). The number of nitrogens with zero attached hydrogens (tertiary/aromatic N) is 6. The van der Waals surface area contributed by atoms with Crippen LogP contribution in [0, 0.1) is 20.8 Å². The van der Waals surface area contributed by atoms with Crippen LogP contribution in [0.4, 0.5) is 0 Å². The van der Waals surface area contributed by atoms with Gasteiger partial charge in [0.2, 0.25) is 0 Å². The maximum absolute atomic E-state index is 12.9. The first-order valence-corrected chi connectivity index (χ1v) is 9.60. The van der Waals surface area contributed by atoms with Crippen LogP contribution in [0.15, 0.2) is 6.07 Å². The fraction of sp³-hybridized carbons (Fsp3) is 0.526. The average molecular weight is 383 g/mol. The third-order valence-corrected chi connectivity index (χ3v) is 5.45. The Labute approximate surface area is 162 Å². The van der Waals surface area contributed by atoms with E-state index in [0.717, 1.165) is 36.6 Å². The van der Waals surface area contributed by atoms with Gasteiger partial charge in [-0.3, -0.25) is 4.79 Å². The van der Waals surface area contributed by atoms with Crippen molar-refractivity contribution in [3.05, 3.63) is 40.4 Å². The van der Waals surface area contributed by atoms with Gasteiger partial charge in [-0.1, -0.05) is 0 Å². The second-order valence-electron chi connectivity index (χ2n) is 7.45. The van der Waals surface area contributed by atoms with E-state index in [-0.39, 0.29) is 24.5 Å². The van der Waals surface area contributed by atoms with Gasteiger partial charge in [0.25, 0.3) is 5.91 Å². The van der Waals surface area contributed by atoms with Gasteiger partial charge in [0.05, 0.1) is 5.69 Å². The third kappa shape index (κ3) is 2.95. The lowest BCUT2D eigenvalue weighted by Crippen LogP contribution is -2.44. The van der Waals surface area contributed by atoms with Crippen LogP contribution in [0.5, 0.6) is 0 Å². The first-order chi connectivity index (χ1) is 13.4. The Bertz CT molecular complexity index is 1050. The molecule has 0 saturated heterocycles. The Morgan fingerprint density at radius 3 is 2.71 bits per heavy atom. The van der Waals surface area contributed by atoms with E-state index in [0.29, 0.717) is 22.7 Å². The van der Waals surface area contributed by atoms with Crippen molar-refractivity contribution in [1.82, 2.24) is 34.7 Å². The largest absolute Gasteiger partial charge is 0.388 e. The van der Waals surface area contributed by atoms with E-state index in [1.807, 2.05) is 38.3 Å². The van der Waals surface area contributed by atoms with Gasteiger partial charge in [0.1, 0.15) is 18.0 Å². The summed E-state index contributed by atoms with van der Waals surface area (Å²) in [4.78, 5) is 17.4. The first kappa shape index (κ1) is 18.5. The lowest BCUT2D eigenvalue weighted by atomic mass is 9.79. The third-order valence-electron chi connectivity index (χ3n) is 5.45. The molecule has 0 unspecified atom stereocenters. The van der Waals surface area contributed by atoms with Crippen LogP contribution >= 0.6 is 0 Å². The van der Waals surface area contributed by atoms with Gasteiger partial charge in [-0.15, -0.1) is 10.2 Å². The van der Waals surface area contributed by atoms with Crippen molar-refractivity contribution >= 4 is 11.6 Å². The molecule has 1 amide bonds. The van der Waals surface area contributed by atoms with Crippen LogP contribution in [0.3, 0.4) is 0 Å². The molecular weight excluding hydrogens is 358 g/mol. The Morgan fingerprint density at radius 2 is 2.04 bits per heavy atom. The summed E-state index contributed by atoms with van der Waals surface area (Å²) in [6.07, 6.45) is 1.61. The Hall–Kier alpha value is -2.81. The molecule has 0 spiro atoms. The summed E-state index contributed by atoms with van der Waals surface area (Å²) in [5, 5.41) is 25.2. The van der Waals surface area contributed by atoms with Crippen LogP contribution in [0.25, 0.3) is 5.65 Å². The van der Waals surface area contributed by atoms with Gasteiger partial charge >= 0.3 is 0 Å². The minimum Gasteiger partial charge on any atom is -0.388 e. The second kappa shape index (κ2) is 6.97. The number of amides is 1. The predicted molar refractivity (Wildman–Crippen MR) is 102 cm³/mol. The van der Waals surface area contributed by atoms with Crippen LogP contribution in [-0.2, 0) is 13.2 Å². The molecule has 1 aliphatic carbocycles. The number of hydrogen-bond acceptors (Lipinski definition) is 6. The SMILES string of the molecule is CCn1c(CO)nnc1C1CC(NC(=O)c2c(C)nn3c(C)cc(C)nc23)C1. The highest BCUT2D eigenvalue weighted by Crippen LogP contribution is 2.36. The number of aryl methyl sites for hydroxylation is 3. The molecule has 2 N–H and O–H groups in total. The highest BCUT2D eigenvalue weighted by atomic mass is 16.3. The normalized spacial score (nSPS) is 19.0. The molecule has 3 aromatic heterocycles. The van der Waals surface area contributed by atoms with Gasteiger partial charge in [0.15, 0.2) is 11.5 Å². The van der Waals surface area contributed by atoms with Crippen LogP contribution in [-0.4, -0.2) is 46.4 Å². The number of carbonyl (C=O) groups is 1. The molecule has 148 valence electrons. The van der Waals surface area contributed by atoms with Crippen molar-refractivity contribution in [3.8, 4) is 0 Å². The number of aliphatic hydroxyl groups is 1. The lowest BCUT2D eigenvalue weighted by molar-refractivity contribution is 0.0907. The number of carbonyl (C=O) groups excluding carboxylic acids is 1. The van der Waals surface area contributed by atoms with E-state index < -0.39 is 0 Å². The number of rotatable bonds is 5. The van der Waals surface area contributed by atoms with Gasteiger partial charge < -0.3 is 15.0 Å². The van der Waals surface area contributed by atoms with E-state index in [9.17, 15) is 9.90 Å². The topological polar surface area (TPSA) is 110 Å². The molecule has 0 atom stereocenters. The average Bonchev–Trinajstić information content (AvgIpc) is 3.17. The Kier molecular flexibility index (Phi) is 4.62. The van der Waals surface area contributed by atoms with E-state index in [1.165, 1.54) is 0 Å². The van der Waals surface area contributed by atoms with Crippen molar-refractivity contribution < 1.29 is 9.90 Å². The van der Waals surface area contributed by atoms with Gasteiger partial charge in [-0.2, -0.15) is 5.10 Å². The van der Waals surface area contributed by atoms with Crippen molar-refractivity contribution in [2.45, 2.75) is 65.6 Å². The van der Waals surface area contributed by atoms with Crippen LogP contribution in [0.2, 0.25) is 0 Å². The summed E-state index contributed by atoms with van der Waals surface area (Å²) in [6.45, 7) is 8.32. The molecular formula is C19H25N7O2. The molecule has 3 aromatic rings. The molecule has 0 bridgehead atoms. The van der Waals surface area contributed by atoms with Crippen LogP contribution in [0.1, 0.15) is 64.8 Å². The maximum atomic E-state index is 12.9. The predicted octanol–water partition coefficient (Wildman–Crippen LogP) is 1.43. The standard InChI is InChI=1S/C19H25N7O2/c1-5-25-15(9-27)22-23-17(25)13-7-14(8-13)21-19(28)16-12(4)24-26-11(3)6-10(2)20-18(16)26/h6,13-14,27H,5,7-9H2,1-4H3,(H,21,28). The second-order valence-corrected chi connectivity index (χ2v) is 7.45. The minimum atomic E-state index is -0.138. The number of nitrogens with one attached hydrogen (secondary N) is 1. The molecule has 28 heavy (non-hydrogen) atoms. The highest BCUT2D eigenvalue weighted by Gasteiger charge is 2.36. The summed E-state index contributed by atoms with van der Waals surface area (Å²) >= 11 is 0. The fourth-order valence-corrected chi connectivity index (χ4v) is 4.01. The van der Waals surface area contributed by atoms with Gasteiger partial charge in [-0.25, -0.2) is 9.50 Å². The Morgan fingerprint density at radius 1 is 1.29 bits per heavy atom. The summed E-state index contributed by atoms with van der Waals surface area (Å²) in [5.74, 6) is 1.58. The molecule has 0 aliphatic heterocycles. The summed E-state index contributed by atoms with van der Waals surface area (Å²) in [6, 6.07) is 2.03. The number of fused-ring (bicyclic) bond motifs is 1. The minimum absolute atomic E-state index is 0.0809. The molecule has 1 saturated carbocycles. The molecule has 9 nitrogen and oxygen atoms in total. The smallest absolute Gasteiger partial charge is 0.257 e. The van der Waals surface area contributed by atoms with Gasteiger partial charge in [-0.05, 0) is 46.6 Å². The van der Waals surface area contributed by atoms with E-state index >= 15 is 0 Å². The molecule has 1 aliphatic rings. The zero-order valence-corrected chi connectivity index (χ0v) is 16.6. The van der Waals surface area contributed by atoms with E-state index in [2.05, 4.69) is 25.6 Å². The zero-order valence-electron chi connectivity index (χ0n) is 16.6. The maximum Gasteiger partial charge on any atom is 0.257 e. The molecule has 3 heterocycles. The van der Waals surface area contributed by atoms with Crippen molar-refractivity contribution in [3.63, 3.8) is 0 Å². The molecule has 1 fully saturated rings. The number of aliphatic hydroxyl groups excluding tert-OH is 1. The van der Waals surface area contributed by atoms with Gasteiger partial charge in [0, 0.05) is 29.9 Å². The van der Waals surface area contributed by atoms with E-state index in [1.54, 1.807) is 4.52 Å². The summed E-state index contributed by atoms with van der Waals surface area (Å²) in [5.41, 5.74) is 3.62. The summed E-state index contributed by atoms with van der Waals surface area (Å²) in [7, 11) is 0. The van der Waals surface area contributed by atoms with Crippen molar-refractivity contribution in [1.29, 1.82) is 0 Å². The number of hydrogen-bond donors (Lipinski definition) is 2. The molecule has 0 radical (unpaired) electrons. The van der Waals surface area contributed by atoms with Crippen LogP contribution < -0.4 is 5.32 Å². The number of aromatic nitrogens is 6. The highest BCUT2D eigenvalue weighted by molar-refractivity contribution is 6.01. The quantitative estimate of drug-likeness (QED) is 0.690. The van der Waals surface area contributed by atoms with Crippen molar-refractivity contribution in [2.75, 3.05) is 0 Å². The lowest BCUT2D eigenvalue weighted by Gasteiger charge is -2.35. The van der Waals surface area contributed by atoms with Crippen molar-refractivity contribution in [2.24, 2.45) is 0 Å². The fourth-order valence-electron chi connectivity index (χ4n) is 4.01. The first-order valence-electron chi connectivity index (χ1n) is 9.60. The molecule has 0 aromatic carbocycles. The molecule has 9 heteroatoms. The summed E-state index contributed by atoms with van der Waals surface area (Å²) < 4.78 is 3.68. The van der Waals surface area contributed by atoms with E-state index in [4.69, 9.17) is 0 Å².